The first-order chi connectivity index (χ1) is 23.2. The minimum Gasteiger partial charge on any atom is -0.493 e. The lowest BCUT2D eigenvalue weighted by Crippen LogP contribution is -2.17. The summed E-state index contributed by atoms with van der Waals surface area (Å²) in [5, 5.41) is 9.40. The second-order valence-corrected chi connectivity index (χ2v) is 14.2. The minimum absolute atomic E-state index is 0.0169. The number of nitrogens with zero attached hydrogens (tertiary/aromatic N) is 4. The molecule has 3 aromatic carbocycles. The summed E-state index contributed by atoms with van der Waals surface area (Å²) in [6.45, 7) is 5.65. The van der Waals surface area contributed by atoms with Crippen LogP contribution in [0, 0.1) is 0 Å². The summed E-state index contributed by atoms with van der Waals surface area (Å²) in [6.07, 6.45) is 3.00. The fraction of sp³-hybridized carbons (Fsp3) is 0.212. The Morgan fingerprint density at radius 2 is 1.37 bits per heavy atom. The van der Waals surface area contributed by atoms with Crippen molar-refractivity contribution in [3.8, 4) is 34.8 Å². The van der Waals surface area contributed by atoms with E-state index < -0.39 is 20.1 Å². The molecule has 5 aromatic rings. The predicted molar refractivity (Wildman–Crippen MR) is 181 cm³/mol. The molecule has 0 atom stereocenters. The van der Waals surface area contributed by atoms with Gasteiger partial charge >= 0.3 is 0 Å². The summed E-state index contributed by atoms with van der Waals surface area (Å²) < 4.78 is 75.8. The lowest BCUT2D eigenvalue weighted by molar-refractivity contribution is 0.192. The highest BCUT2D eigenvalue weighted by Gasteiger charge is 2.26. The van der Waals surface area contributed by atoms with E-state index in [-0.39, 0.29) is 63.3 Å². The molecule has 0 spiro atoms. The zero-order chi connectivity index (χ0) is 35.7. The van der Waals surface area contributed by atoms with Crippen molar-refractivity contribution >= 4 is 26.0 Å². The highest BCUT2D eigenvalue weighted by Crippen LogP contribution is 2.41. The smallest absolute Gasteiger partial charge is 0.294 e. The van der Waals surface area contributed by atoms with E-state index in [1.165, 1.54) is 43.8 Å². The van der Waals surface area contributed by atoms with Crippen LogP contribution in [0.15, 0.2) is 107 Å². The third-order valence-electron chi connectivity index (χ3n) is 6.51. The molecule has 5 rings (SSSR count). The van der Waals surface area contributed by atoms with Crippen LogP contribution in [-0.4, -0.2) is 66.8 Å². The largest absolute Gasteiger partial charge is 0.493 e. The average Bonchev–Trinajstić information content (AvgIpc) is 3.08. The maximum absolute atomic E-state index is 13.5. The van der Waals surface area contributed by atoms with Crippen LogP contribution in [-0.2, 0) is 25.6 Å². The number of methoxy groups -OCH3 is 1. The van der Waals surface area contributed by atoms with Gasteiger partial charge in [0.25, 0.3) is 26.0 Å². The zero-order valence-electron chi connectivity index (χ0n) is 27.0. The van der Waals surface area contributed by atoms with Crippen molar-refractivity contribution in [3.05, 3.63) is 103 Å². The molecule has 2 heterocycles. The van der Waals surface area contributed by atoms with Crippen molar-refractivity contribution in [2.45, 2.75) is 36.0 Å². The van der Waals surface area contributed by atoms with Crippen LogP contribution in [0.2, 0.25) is 0 Å². The first-order valence-electron chi connectivity index (χ1n) is 14.6. The topological polar surface area (TPSA) is 200 Å². The number of rotatable bonds is 11. The Kier molecular flexibility index (Phi) is 11.8. The van der Waals surface area contributed by atoms with E-state index in [4.69, 9.17) is 18.8 Å². The van der Waals surface area contributed by atoms with Crippen LogP contribution in [0.4, 0.5) is 5.82 Å². The molecular weight excluding hydrogens is 675 g/mol. The van der Waals surface area contributed by atoms with Crippen molar-refractivity contribution < 1.29 is 40.7 Å². The second kappa shape index (κ2) is 15.8. The van der Waals surface area contributed by atoms with Gasteiger partial charge in [0.1, 0.15) is 6.61 Å². The quantitative estimate of drug-likeness (QED) is 0.153. The molecule has 0 aliphatic rings. The third-order valence-corrected chi connectivity index (χ3v) is 8.74. The molecule has 0 saturated carbocycles. The maximum atomic E-state index is 13.5. The molecule has 0 aliphatic heterocycles. The van der Waals surface area contributed by atoms with Gasteiger partial charge in [-0.05, 0) is 53.4 Å². The molecule has 16 heteroatoms. The Labute approximate surface area is 284 Å². The standard InChI is InChI=1S/C27H29N5O6S.C6H6O3S/c1-27(2,3)18-10-12-19(13-11-18)39(34,35)32-23-22(38-21-9-6-5-8-20(21)36-4)26(37-17-16-33)31-25(30-23)24-28-14-7-15-29-24;7-10(8,9)6-4-2-1-3-5-6/h5-15,33H,16-17H2,1-4H3,(H,30,31,32);1-5H,(H,7,8,9). The third kappa shape index (κ3) is 9.93. The Bertz CT molecular complexity index is 2060. The lowest BCUT2D eigenvalue weighted by Gasteiger charge is -2.20. The van der Waals surface area contributed by atoms with Gasteiger partial charge in [0.15, 0.2) is 23.1 Å². The highest BCUT2D eigenvalue weighted by molar-refractivity contribution is 7.92. The number of hydrogen-bond acceptors (Lipinski definition) is 12. The van der Waals surface area contributed by atoms with Crippen LogP contribution >= 0.6 is 0 Å². The summed E-state index contributed by atoms with van der Waals surface area (Å²) in [5.74, 6) is 0.271. The molecule has 3 N–H and O–H groups in total. The summed E-state index contributed by atoms with van der Waals surface area (Å²) in [7, 11) is -6.67. The molecule has 0 amide bonds. The second-order valence-electron chi connectivity index (χ2n) is 11.1. The first-order valence-corrected chi connectivity index (χ1v) is 17.5. The van der Waals surface area contributed by atoms with E-state index >= 15 is 0 Å². The van der Waals surface area contributed by atoms with Crippen LogP contribution in [0.3, 0.4) is 0 Å². The molecule has 49 heavy (non-hydrogen) atoms. The number of anilines is 1. The van der Waals surface area contributed by atoms with Crippen molar-refractivity contribution in [1.82, 2.24) is 19.9 Å². The molecular formula is C33H35N5O9S2. The van der Waals surface area contributed by atoms with Crippen molar-refractivity contribution in [2.24, 2.45) is 0 Å². The van der Waals surface area contributed by atoms with Gasteiger partial charge in [-0.25, -0.2) is 23.4 Å². The van der Waals surface area contributed by atoms with Gasteiger partial charge in [-0.15, -0.1) is 0 Å². The van der Waals surface area contributed by atoms with Crippen LogP contribution in [0.25, 0.3) is 11.6 Å². The molecule has 0 aliphatic carbocycles. The Morgan fingerprint density at radius 1 is 0.755 bits per heavy atom. The number of ether oxygens (including phenoxy) is 3. The van der Waals surface area contributed by atoms with Gasteiger partial charge < -0.3 is 19.3 Å². The molecule has 0 unspecified atom stereocenters. The summed E-state index contributed by atoms with van der Waals surface area (Å²) in [6, 6.07) is 22.4. The van der Waals surface area contributed by atoms with Crippen LogP contribution < -0.4 is 18.9 Å². The van der Waals surface area contributed by atoms with Gasteiger partial charge in [-0.2, -0.15) is 13.4 Å². The fourth-order valence-corrected chi connectivity index (χ4v) is 5.58. The normalized spacial score (nSPS) is 11.6. The first kappa shape index (κ1) is 36.7. The maximum Gasteiger partial charge on any atom is 0.294 e. The Balaban J connectivity index is 0.000000463. The number of nitrogens with one attached hydrogen (secondary N) is 1. The van der Waals surface area contributed by atoms with Gasteiger partial charge in [-0.3, -0.25) is 9.27 Å². The van der Waals surface area contributed by atoms with Gasteiger partial charge in [-0.1, -0.05) is 63.2 Å². The van der Waals surface area contributed by atoms with Gasteiger partial charge in [0.2, 0.25) is 11.6 Å². The number of aromatic nitrogens is 4. The van der Waals surface area contributed by atoms with E-state index in [1.807, 2.05) is 20.8 Å². The Morgan fingerprint density at radius 3 is 1.92 bits per heavy atom. The molecule has 0 radical (unpaired) electrons. The average molecular weight is 710 g/mol. The predicted octanol–water partition coefficient (Wildman–Crippen LogP) is 5.14. The molecule has 0 bridgehead atoms. The van der Waals surface area contributed by atoms with E-state index in [9.17, 15) is 21.9 Å². The molecule has 0 fully saturated rings. The number of benzene rings is 3. The van der Waals surface area contributed by atoms with Gasteiger partial charge in [0.05, 0.1) is 23.5 Å². The number of para-hydroxylation sites is 2. The summed E-state index contributed by atoms with van der Waals surface area (Å²) >= 11 is 0. The van der Waals surface area contributed by atoms with Crippen LogP contribution in [0.1, 0.15) is 26.3 Å². The number of hydrogen-bond donors (Lipinski definition) is 3. The fourth-order valence-electron chi connectivity index (χ4n) is 4.07. The summed E-state index contributed by atoms with van der Waals surface area (Å²) in [4.78, 5) is 17.0. The number of aliphatic hydroxyl groups excluding tert-OH is 1. The number of aliphatic hydroxyl groups is 1. The van der Waals surface area contributed by atoms with Crippen molar-refractivity contribution in [3.63, 3.8) is 0 Å². The van der Waals surface area contributed by atoms with Crippen LogP contribution in [0.5, 0.6) is 23.1 Å². The molecule has 0 saturated heterocycles. The minimum atomic E-state index is -4.14. The number of sulfonamides is 1. The molecule has 14 nitrogen and oxygen atoms in total. The van der Waals surface area contributed by atoms with Crippen molar-refractivity contribution in [2.75, 3.05) is 25.0 Å². The van der Waals surface area contributed by atoms with E-state index in [0.29, 0.717) is 5.75 Å². The molecule has 2 aromatic heterocycles. The molecule has 258 valence electrons. The van der Waals surface area contributed by atoms with Gasteiger partial charge in [0, 0.05) is 12.4 Å². The van der Waals surface area contributed by atoms with E-state index in [1.54, 1.807) is 60.7 Å². The monoisotopic (exact) mass is 709 g/mol. The Hall–Kier alpha value is -5.16. The van der Waals surface area contributed by atoms with E-state index in [0.717, 1.165) is 5.56 Å². The van der Waals surface area contributed by atoms with E-state index in [2.05, 4.69) is 24.7 Å². The SMILES string of the molecule is COc1ccccc1Oc1c(NS(=O)(=O)c2ccc(C(C)(C)C)cc2)nc(-c2ncccn2)nc1OCCO.O=S(=O)(O)c1ccccc1. The summed E-state index contributed by atoms with van der Waals surface area (Å²) in [5.41, 5.74) is 0.827. The van der Waals surface area contributed by atoms with Crippen molar-refractivity contribution in [1.29, 1.82) is 0 Å². The zero-order valence-corrected chi connectivity index (χ0v) is 28.6. The highest BCUT2D eigenvalue weighted by atomic mass is 32.2. The lowest BCUT2D eigenvalue weighted by atomic mass is 9.87.